The average molecular weight is 323 g/mol. The minimum Gasteiger partial charge on any atom is -0.457 e. The molecule has 0 saturated carbocycles. The van der Waals surface area contributed by atoms with Gasteiger partial charge in [-0.25, -0.2) is 0 Å². The van der Waals surface area contributed by atoms with E-state index in [9.17, 15) is 4.79 Å². The van der Waals surface area contributed by atoms with Crippen molar-refractivity contribution in [2.45, 2.75) is 11.5 Å². The lowest BCUT2D eigenvalue weighted by atomic mass is 10.2. The zero-order valence-corrected chi connectivity index (χ0v) is 13.0. The highest BCUT2D eigenvalue weighted by atomic mass is 32.2. The summed E-state index contributed by atoms with van der Waals surface area (Å²) >= 11 is 1.37. The van der Waals surface area contributed by atoms with Crippen molar-refractivity contribution in [2.75, 3.05) is 5.75 Å². The Labute approximate surface area is 137 Å². The number of hydrogen-bond donors (Lipinski definition) is 0. The standard InChI is InChI=1S/C18H13NO3S/c19-10-13-5-7-16(8-6-13)23-12-18(20)21-11-15-9-14-3-1-2-4-17(14)22-15/h1-9H,11-12H2. The molecule has 0 N–H and O–H groups in total. The molecule has 0 amide bonds. The predicted octanol–water partition coefficient (Wildman–Crippen LogP) is 4.14. The van der Waals surface area contributed by atoms with Crippen molar-refractivity contribution < 1.29 is 13.9 Å². The van der Waals surface area contributed by atoms with Crippen LogP contribution in [0.5, 0.6) is 0 Å². The monoisotopic (exact) mass is 323 g/mol. The second-order valence-corrected chi connectivity index (χ2v) is 5.88. The largest absolute Gasteiger partial charge is 0.457 e. The van der Waals surface area contributed by atoms with Crippen LogP contribution in [-0.4, -0.2) is 11.7 Å². The number of hydrogen-bond acceptors (Lipinski definition) is 5. The van der Waals surface area contributed by atoms with Gasteiger partial charge >= 0.3 is 5.97 Å². The Morgan fingerprint density at radius 1 is 1.17 bits per heavy atom. The third kappa shape index (κ3) is 3.93. The van der Waals surface area contributed by atoms with Crippen LogP contribution in [-0.2, 0) is 16.1 Å². The van der Waals surface area contributed by atoms with E-state index < -0.39 is 0 Å². The van der Waals surface area contributed by atoms with Crippen LogP contribution in [0.2, 0.25) is 0 Å². The maximum Gasteiger partial charge on any atom is 0.316 e. The molecular formula is C18H13NO3S. The van der Waals surface area contributed by atoms with E-state index in [4.69, 9.17) is 14.4 Å². The lowest BCUT2D eigenvalue weighted by molar-refractivity contribution is -0.142. The normalized spacial score (nSPS) is 10.4. The molecular weight excluding hydrogens is 310 g/mol. The van der Waals surface area contributed by atoms with Gasteiger partial charge in [0, 0.05) is 10.3 Å². The molecule has 114 valence electrons. The van der Waals surface area contributed by atoms with Gasteiger partial charge in [-0.2, -0.15) is 5.26 Å². The summed E-state index contributed by atoms with van der Waals surface area (Å²) in [7, 11) is 0. The quantitative estimate of drug-likeness (QED) is 0.521. The Kier molecular flexibility index (Phi) is 4.65. The van der Waals surface area contributed by atoms with Crippen molar-refractivity contribution in [3.05, 3.63) is 65.9 Å². The number of esters is 1. The van der Waals surface area contributed by atoms with Gasteiger partial charge in [0.05, 0.1) is 17.4 Å². The predicted molar refractivity (Wildman–Crippen MR) is 87.9 cm³/mol. The summed E-state index contributed by atoms with van der Waals surface area (Å²) in [6, 6.07) is 18.7. The first-order valence-corrected chi connectivity index (χ1v) is 7.99. The van der Waals surface area contributed by atoms with Crippen molar-refractivity contribution in [1.82, 2.24) is 0 Å². The van der Waals surface area contributed by atoms with E-state index in [1.54, 1.807) is 12.1 Å². The number of rotatable bonds is 5. The first-order valence-electron chi connectivity index (χ1n) is 7.00. The van der Waals surface area contributed by atoms with Crippen LogP contribution >= 0.6 is 11.8 Å². The molecule has 0 spiro atoms. The molecule has 2 aromatic carbocycles. The van der Waals surface area contributed by atoms with Crippen LogP contribution in [0.4, 0.5) is 0 Å². The number of furan rings is 1. The van der Waals surface area contributed by atoms with Gasteiger partial charge in [-0.3, -0.25) is 4.79 Å². The molecule has 5 heteroatoms. The molecule has 0 atom stereocenters. The van der Waals surface area contributed by atoms with Gasteiger partial charge in [-0.15, -0.1) is 11.8 Å². The van der Waals surface area contributed by atoms with E-state index in [1.807, 2.05) is 42.5 Å². The molecule has 0 unspecified atom stereocenters. The number of nitriles is 1. The van der Waals surface area contributed by atoms with Crippen LogP contribution in [0.25, 0.3) is 11.0 Å². The molecule has 4 nitrogen and oxygen atoms in total. The Morgan fingerprint density at radius 2 is 1.96 bits per heavy atom. The van der Waals surface area contributed by atoms with E-state index in [2.05, 4.69) is 6.07 Å². The fourth-order valence-electron chi connectivity index (χ4n) is 2.07. The highest BCUT2D eigenvalue weighted by molar-refractivity contribution is 8.00. The highest BCUT2D eigenvalue weighted by Crippen LogP contribution is 2.21. The molecule has 0 radical (unpaired) electrons. The van der Waals surface area contributed by atoms with Gasteiger partial charge in [0.2, 0.25) is 0 Å². The number of benzene rings is 2. The lowest BCUT2D eigenvalue weighted by Gasteiger charge is -2.03. The second-order valence-electron chi connectivity index (χ2n) is 4.84. The van der Waals surface area contributed by atoms with Crippen LogP contribution in [0.1, 0.15) is 11.3 Å². The Morgan fingerprint density at radius 3 is 2.70 bits per heavy atom. The van der Waals surface area contributed by atoms with Crippen LogP contribution in [0.15, 0.2) is 63.9 Å². The number of ether oxygens (including phenoxy) is 1. The molecule has 23 heavy (non-hydrogen) atoms. The van der Waals surface area contributed by atoms with Gasteiger partial charge in [0.25, 0.3) is 0 Å². The third-order valence-corrected chi connectivity index (χ3v) is 4.18. The van der Waals surface area contributed by atoms with E-state index >= 15 is 0 Å². The maximum atomic E-state index is 11.8. The second kappa shape index (κ2) is 7.03. The molecule has 3 aromatic rings. The van der Waals surface area contributed by atoms with E-state index in [-0.39, 0.29) is 18.3 Å². The molecule has 0 aliphatic heterocycles. The first kappa shape index (κ1) is 15.2. The molecule has 1 aromatic heterocycles. The van der Waals surface area contributed by atoms with E-state index in [0.29, 0.717) is 11.3 Å². The minimum atomic E-state index is -0.306. The highest BCUT2D eigenvalue weighted by Gasteiger charge is 2.08. The summed E-state index contributed by atoms with van der Waals surface area (Å²) in [6.45, 7) is 0.126. The number of fused-ring (bicyclic) bond motifs is 1. The fraction of sp³-hybridized carbons (Fsp3) is 0.111. The van der Waals surface area contributed by atoms with E-state index in [0.717, 1.165) is 15.9 Å². The van der Waals surface area contributed by atoms with Crippen molar-refractivity contribution in [2.24, 2.45) is 0 Å². The zero-order chi connectivity index (χ0) is 16.1. The molecule has 0 fully saturated rings. The number of carbonyl (C=O) groups excluding carboxylic acids is 1. The topological polar surface area (TPSA) is 63.2 Å². The Hall–Kier alpha value is -2.71. The van der Waals surface area contributed by atoms with Crippen LogP contribution in [0, 0.1) is 11.3 Å². The Bertz CT molecular complexity index is 829. The fourth-order valence-corrected chi connectivity index (χ4v) is 2.77. The zero-order valence-electron chi connectivity index (χ0n) is 12.2. The summed E-state index contributed by atoms with van der Waals surface area (Å²) in [5.41, 5.74) is 1.38. The van der Waals surface area contributed by atoms with Gasteiger partial charge < -0.3 is 9.15 Å². The maximum absolute atomic E-state index is 11.8. The first-order chi connectivity index (χ1) is 11.2. The van der Waals surface area contributed by atoms with Gasteiger partial charge in [-0.1, -0.05) is 18.2 Å². The summed E-state index contributed by atoms with van der Waals surface area (Å²) in [5, 5.41) is 9.73. The van der Waals surface area contributed by atoms with Crippen LogP contribution in [0.3, 0.4) is 0 Å². The molecule has 0 bridgehead atoms. The van der Waals surface area contributed by atoms with Crippen molar-refractivity contribution in [1.29, 1.82) is 5.26 Å². The minimum absolute atomic E-state index is 0.126. The summed E-state index contributed by atoms with van der Waals surface area (Å²) < 4.78 is 10.8. The van der Waals surface area contributed by atoms with Crippen molar-refractivity contribution in [3.63, 3.8) is 0 Å². The van der Waals surface area contributed by atoms with Gasteiger partial charge in [-0.05, 0) is 36.4 Å². The third-order valence-electron chi connectivity index (χ3n) is 3.19. The van der Waals surface area contributed by atoms with Crippen molar-refractivity contribution in [3.8, 4) is 6.07 Å². The molecule has 1 heterocycles. The van der Waals surface area contributed by atoms with E-state index in [1.165, 1.54) is 11.8 Å². The number of para-hydroxylation sites is 1. The van der Waals surface area contributed by atoms with Gasteiger partial charge in [0.15, 0.2) is 0 Å². The average Bonchev–Trinajstić information content (AvgIpc) is 3.01. The summed E-state index contributed by atoms with van der Waals surface area (Å²) in [5.74, 6) is 0.536. The lowest BCUT2D eigenvalue weighted by Crippen LogP contribution is -2.06. The smallest absolute Gasteiger partial charge is 0.316 e. The Balaban J connectivity index is 1.50. The number of carbonyl (C=O) groups is 1. The summed E-state index contributed by atoms with van der Waals surface area (Å²) in [4.78, 5) is 12.7. The van der Waals surface area contributed by atoms with Gasteiger partial charge in [0.1, 0.15) is 18.0 Å². The molecule has 3 rings (SSSR count). The van der Waals surface area contributed by atoms with Crippen molar-refractivity contribution >= 4 is 28.7 Å². The number of thioether (sulfide) groups is 1. The summed E-state index contributed by atoms with van der Waals surface area (Å²) in [6.07, 6.45) is 0. The molecule has 0 saturated heterocycles. The molecule has 0 aliphatic rings. The SMILES string of the molecule is N#Cc1ccc(SCC(=O)OCc2cc3ccccc3o2)cc1. The van der Waals surface area contributed by atoms with Crippen LogP contribution < -0.4 is 0 Å². The number of nitrogens with zero attached hydrogens (tertiary/aromatic N) is 1. The molecule has 0 aliphatic carbocycles.